The minimum atomic E-state index is 0.774. The summed E-state index contributed by atoms with van der Waals surface area (Å²) in [6.45, 7) is 4.03. The third-order valence-electron chi connectivity index (χ3n) is 1.98. The van der Waals surface area contributed by atoms with E-state index in [4.69, 9.17) is 16.7 Å². The van der Waals surface area contributed by atoms with Gasteiger partial charge in [0.15, 0.2) is 0 Å². The minimum absolute atomic E-state index is 0.774. The van der Waals surface area contributed by atoms with E-state index in [-0.39, 0.29) is 0 Å². The molecule has 13 heavy (non-hydrogen) atoms. The van der Waals surface area contributed by atoms with Crippen LogP contribution in [0.5, 0.6) is 0 Å². The Morgan fingerprint density at radius 2 is 2.15 bits per heavy atom. The van der Waals surface area contributed by atoms with Crippen LogP contribution in [0.4, 0.5) is 0 Å². The molecule has 70 valence electrons. The molecule has 0 aliphatic rings. The second-order valence-corrected chi connectivity index (χ2v) is 3.39. The molecule has 0 spiro atoms. The van der Waals surface area contributed by atoms with Crippen molar-refractivity contribution >= 4 is 17.7 Å². The van der Waals surface area contributed by atoms with Crippen LogP contribution in [0.15, 0.2) is 18.4 Å². The Bertz CT molecular complexity index is 329. The van der Waals surface area contributed by atoms with Gasteiger partial charge in [-0.2, -0.15) is 0 Å². The second kappa shape index (κ2) is 4.33. The number of halogens is 1. The fourth-order valence-electron chi connectivity index (χ4n) is 1.40. The molecule has 0 unspecified atom stereocenters. The maximum atomic E-state index is 8.70. The first kappa shape index (κ1) is 10.1. The third-order valence-corrected chi connectivity index (χ3v) is 2.32. The number of aryl methyl sites for hydroxylation is 1. The van der Waals surface area contributed by atoms with Crippen LogP contribution in [0, 0.1) is 6.92 Å². The van der Waals surface area contributed by atoms with E-state index < -0.39 is 0 Å². The standard InChI is InChI=1S/C11H13ClO/c1-3-10-9(4-5-13)6-8(2)7-11(10)12/h4-7,13H,3H2,1-2H3/b5-4-. The van der Waals surface area contributed by atoms with Gasteiger partial charge in [-0.1, -0.05) is 24.6 Å². The first-order valence-electron chi connectivity index (χ1n) is 4.28. The van der Waals surface area contributed by atoms with Crippen LogP contribution in [0.1, 0.15) is 23.6 Å². The molecular weight excluding hydrogens is 184 g/mol. The summed E-state index contributed by atoms with van der Waals surface area (Å²) >= 11 is 6.06. The van der Waals surface area contributed by atoms with E-state index in [1.807, 2.05) is 26.0 Å². The van der Waals surface area contributed by atoms with Crippen LogP contribution in [0.3, 0.4) is 0 Å². The van der Waals surface area contributed by atoms with E-state index in [1.165, 1.54) is 0 Å². The summed E-state index contributed by atoms with van der Waals surface area (Å²) in [7, 11) is 0. The van der Waals surface area contributed by atoms with Gasteiger partial charge in [-0.25, -0.2) is 0 Å². The second-order valence-electron chi connectivity index (χ2n) is 2.98. The summed E-state index contributed by atoms with van der Waals surface area (Å²) in [5, 5.41) is 9.47. The van der Waals surface area contributed by atoms with Crippen molar-refractivity contribution in [2.75, 3.05) is 0 Å². The highest BCUT2D eigenvalue weighted by molar-refractivity contribution is 6.31. The Balaban J connectivity index is 3.29. The van der Waals surface area contributed by atoms with E-state index in [0.29, 0.717) is 0 Å². The fourth-order valence-corrected chi connectivity index (χ4v) is 1.82. The molecule has 1 aromatic carbocycles. The number of aliphatic hydroxyl groups is 1. The zero-order valence-electron chi connectivity index (χ0n) is 7.84. The van der Waals surface area contributed by atoms with Crippen molar-refractivity contribution < 1.29 is 5.11 Å². The molecule has 1 rings (SSSR count). The maximum absolute atomic E-state index is 8.70. The molecule has 2 heteroatoms. The molecule has 0 amide bonds. The molecule has 0 atom stereocenters. The predicted octanol–water partition coefficient (Wildman–Crippen LogP) is 3.74. The van der Waals surface area contributed by atoms with Crippen molar-refractivity contribution in [2.24, 2.45) is 0 Å². The van der Waals surface area contributed by atoms with Crippen molar-refractivity contribution in [3.05, 3.63) is 40.1 Å². The fraction of sp³-hybridized carbons (Fsp3) is 0.273. The molecular formula is C11H13ClO. The third kappa shape index (κ3) is 2.25. The van der Waals surface area contributed by atoms with Gasteiger partial charge in [-0.05, 0) is 42.2 Å². The van der Waals surface area contributed by atoms with E-state index in [1.54, 1.807) is 6.08 Å². The van der Waals surface area contributed by atoms with Gasteiger partial charge >= 0.3 is 0 Å². The monoisotopic (exact) mass is 196 g/mol. The molecule has 0 saturated carbocycles. The zero-order valence-corrected chi connectivity index (χ0v) is 8.60. The van der Waals surface area contributed by atoms with Crippen molar-refractivity contribution in [1.82, 2.24) is 0 Å². The van der Waals surface area contributed by atoms with Crippen molar-refractivity contribution in [3.63, 3.8) is 0 Å². The van der Waals surface area contributed by atoms with Crippen molar-refractivity contribution in [2.45, 2.75) is 20.3 Å². The lowest BCUT2D eigenvalue weighted by molar-refractivity contribution is 0.478. The number of rotatable bonds is 2. The van der Waals surface area contributed by atoms with Crippen LogP contribution in [0.2, 0.25) is 5.02 Å². The Kier molecular flexibility index (Phi) is 3.38. The number of aliphatic hydroxyl groups excluding tert-OH is 1. The summed E-state index contributed by atoms with van der Waals surface area (Å²) in [6, 6.07) is 3.95. The van der Waals surface area contributed by atoms with Gasteiger partial charge in [0.25, 0.3) is 0 Å². The van der Waals surface area contributed by atoms with Gasteiger partial charge in [-0.15, -0.1) is 0 Å². The summed E-state index contributed by atoms with van der Waals surface area (Å²) in [5.41, 5.74) is 3.18. The summed E-state index contributed by atoms with van der Waals surface area (Å²) in [6.07, 6.45) is 3.58. The maximum Gasteiger partial charge on any atom is 0.0797 e. The van der Waals surface area contributed by atoms with E-state index in [9.17, 15) is 0 Å². The van der Waals surface area contributed by atoms with E-state index in [0.717, 1.165) is 34.4 Å². The average molecular weight is 197 g/mol. The molecule has 0 radical (unpaired) electrons. The Hall–Kier alpha value is -0.950. The summed E-state index contributed by atoms with van der Waals surface area (Å²) in [5.74, 6) is 0. The van der Waals surface area contributed by atoms with Gasteiger partial charge in [0.2, 0.25) is 0 Å². The van der Waals surface area contributed by atoms with Crippen molar-refractivity contribution in [1.29, 1.82) is 0 Å². The highest BCUT2D eigenvalue weighted by Crippen LogP contribution is 2.23. The average Bonchev–Trinajstić information content (AvgIpc) is 2.04. The largest absolute Gasteiger partial charge is 0.516 e. The molecule has 0 aromatic heterocycles. The zero-order chi connectivity index (χ0) is 9.84. The quantitative estimate of drug-likeness (QED) is 0.715. The van der Waals surface area contributed by atoms with E-state index >= 15 is 0 Å². The predicted molar refractivity (Wildman–Crippen MR) is 57.2 cm³/mol. The van der Waals surface area contributed by atoms with Crippen LogP contribution >= 0.6 is 11.6 Å². The Morgan fingerprint density at radius 1 is 1.46 bits per heavy atom. The smallest absolute Gasteiger partial charge is 0.0797 e. The molecule has 1 nitrogen and oxygen atoms in total. The molecule has 0 bridgehead atoms. The molecule has 1 N–H and O–H groups in total. The van der Waals surface area contributed by atoms with Crippen LogP contribution < -0.4 is 0 Å². The molecule has 0 aliphatic heterocycles. The summed E-state index contributed by atoms with van der Waals surface area (Å²) in [4.78, 5) is 0. The lowest BCUT2D eigenvalue weighted by Crippen LogP contribution is -1.89. The van der Waals surface area contributed by atoms with E-state index in [2.05, 4.69) is 0 Å². The normalized spacial score (nSPS) is 11.0. The minimum Gasteiger partial charge on any atom is -0.516 e. The SMILES string of the molecule is CCc1c(Cl)cc(C)cc1/C=C\O. The highest BCUT2D eigenvalue weighted by Gasteiger charge is 2.03. The molecule has 1 aromatic rings. The number of hydrogen-bond acceptors (Lipinski definition) is 1. The van der Waals surface area contributed by atoms with Gasteiger partial charge in [0, 0.05) is 5.02 Å². The first-order valence-corrected chi connectivity index (χ1v) is 4.66. The van der Waals surface area contributed by atoms with Gasteiger partial charge in [0.1, 0.15) is 0 Å². The Morgan fingerprint density at radius 3 is 2.69 bits per heavy atom. The topological polar surface area (TPSA) is 20.2 Å². The number of hydrogen-bond donors (Lipinski definition) is 1. The van der Waals surface area contributed by atoms with Gasteiger partial charge in [0.05, 0.1) is 6.26 Å². The Labute approximate surface area is 83.7 Å². The highest BCUT2D eigenvalue weighted by atomic mass is 35.5. The summed E-state index contributed by atoms with van der Waals surface area (Å²) < 4.78 is 0. The van der Waals surface area contributed by atoms with Gasteiger partial charge < -0.3 is 5.11 Å². The lowest BCUT2D eigenvalue weighted by atomic mass is 10.0. The molecule has 0 saturated heterocycles. The first-order chi connectivity index (χ1) is 6.19. The van der Waals surface area contributed by atoms with Crippen LogP contribution in [-0.4, -0.2) is 5.11 Å². The molecule has 0 heterocycles. The van der Waals surface area contributed by atoms with Gasteiger partial charge in [-0.3, -0.25) is 0 Å². The molecule has 0 fully saturated rings. The van der Waals surface area contributed by atoms with Crippen LogP contribution in [-0.2, 0) is 6.42 Å². The molecule has 0 aliphatic carbocycles. The lowest BCUT2D eigenvalue weighted by Gasteiger charge is -2.07. The number of benzene rings is 1. The van der Waals surface area contributed by atoms with Crippen molar-refractivity contribution in [3.8, 4) is 0 Å². The van der Waals surface area contributed by atoms with Crippen LogP contribution in [0.25, 0.3) is 6.08 Å².